The van der Waals surface area contributed by atoms with Crippen LogP contribution in [0.25, 0.3) is 0 Å². The molecule has 1 amide bonds. The van der Waals surface area contributed by atoms with Crippen LogP contribution < -0.4 is 14.8 Å². The van der Waals surface area contributed by atoms with Crippen LogP contribution in [-0.2, 0) is 23.1 Å². The Morgan fingerprint density at radius 1 is 1.06 bits per heavy atom. The van der Waals surface area contributed by atoms with Gasteiger partial charge in [-0.25, -0.2) is 8.42 Å². The van der Waals surface area contributed by atoms with Crippen LogP contribution in [0.1, 0.15) is 28.4 Å². The standard InChI is InChI=1S/C25H26N2O5S/c1-2-31-22-9-11-23(12-10-22)33(29,30)27-14-15-32-24-13-8-20(16-21(24)18-27)25(28)26-17-19-6-4-3-5-7-19/h3-13,16H,2,14-15,17-18H2,1H3,(H,26,28). The van der Waals surface area contributed by atoms with Gasteiger partial charge in [-0.05, 0) is 55.0 Å². The normalized spacial score (nSPS) is 14.0. The first-order valence-electron chi connectivity index (χ1n) is 10.8. The number of nitrogens with one attached hydrogen (secondary N) is 1. The van der Waals surface area contributed by atoms with E-state index in [0.717, 1.165) is 5.56 Å². The van der Waals surface area contributed by atoms with Crippen molar-refractivity contribution in [3.05, 3.63) is 89.5 Å². The van der Waals surface area contributed by atoms with Crippen LogP contribution in [0.2, 0.25) is 0 Å². The number of amides is 1. The maximum Gasteiger partial charge on any atom is 0.251 e. The number of nitrogens with zero attached hydrogens (tertiary/aromatic N) is 1. The second kappa shape index (κ2) is 10.1. The third-order valence-electron chi connectivity index (χ3n) is 5.34. The van der Waals surface area contributed by atoms with E-state index in [4.69, 9.17) is 9.47 Å². The molecule has 33 heavy (non-hydrogen) atoms. The monoisotopic (exact) mass is 466 g/mol. The van der Waals surface area contributed by atoms with Crippen LogP contribution in [0.4, 0.5) is 0 Å². The fraction of sp³-hybridized carbons (Fsp3) is 0.240. The lowest BCUT2D eigenvalue weighted by Crippen LogP contribution is -2.32. The van der Waals surface area contributed by atoms with Crippen molar-refractivity contribution >= 4 is 15.9 Å². The van der Waals surface area contributed by atoms with Gasteiger partial charge in [-0.15, -0.1) is 0 Å². The number of benzene rings is 3. The van der Waals surface area contributed by atoms with Crippen LogP contribution in [0.15, 0.2) is 77.7 Å². The van der Waals surface area contributed by atoms with Crippen molar-refractivity contribution < 1.29 is 22.7 Å². The van der Waals surface area contributed by atoms with Gasteiger partial charge in [0.05, 0.1) is 11.5 Å². The molecule has 1 aliphatic rings. The fourth-order valence-electron chi connectivity index (χ4n) is 3.62. The van der Waals surface area contributed by atoms with E-state index in [1.807, 2.05) is 37.3 Å². The second-order valence-corrected chi connectivity index (χ2v) is 9.52. The second-order valence-electron chi connectivity index (χ2n) is 7.58. The lowest BCUT2D eigenvalue weighted by Gasteiger charge is -2.20. The van der Waals surface area contributed by atoms with E-state index < -0.39 is 10.0 Å². The molecular formula is C25H26N2O5S. The first-order valence-corrected chi connectivity index (χ1v) is 12.2. The zero-order chi connectivity index (χ0) is 23.3. The maximum absolute atomic E-state index is 13.2. The SMILES string of the molecule is CCOc1ccc(S(=O)(=O)N2CCOc3ccc(C(=O)NCc4ccccc4)cc3C2)cc1. The number of hydrogen-bond donors (Lipinski definition) is 1. The Morgan fingerprint density at radius 2 is 1.82 bits per heavy atom. The van der Waals surface area contributed by atoms with Gasteiger partial charge in [0, 0.05) is 30.8 Å². The molecule has 3 aromatic rings. The van der Waals surface area contributed by atoms with E-state index in [2.05, 4.69) is 5.32 Å². The Hall–Kier alpha value is -3.36. The van der Waals surface area contributed by atoms with Gasteiger partial charge in [-0.2, -0.15) is 4.31 Å². The Labute approximate surface area is 194 Å². The number of ether oxygens (including phenoxy) is 2. The molecule has 1 N–H and O–H groups in total. The number of carbonyl (C=O) groups is 1. The van der Waals surface area contributed by atoms with E-state index in [1.165, 1.54) is 4.31 Å². The number of fused-ring (bicyclic) bond motifs is 1. The summed E-state index contributed by atoms with van der Waals surface area (Å²) < 4.78 is 39.0. The van der Waals surface area contributed by atoms with Crippen LogP contribution in [-0.4, -0.2) is 38.4 Å². The molecule has 0 saturated heterocycles. The molecule has 4 rings (SSSR count). The molecule has 1 heterocycles. The minimum atomic E-state index is -3.74. The third kappa shape index (κ3) is 5.35. The van der Waals surface area contributed by atoms with Gasteiger partial charge in [0.15, 0.2) is 0 Å². The van der Waals surface area contributed by atoms with Crippen LogP contribution in [0, 0.1) is 0 Å². The molecule has 7 nitrogen and oxygen atoms in total. The lowest BCUT2D eigenvalue weighted by molar-refractivity contribution is 0.0950. The highest BCUT2D eigenvalue weighted by Gasteiger charge is 2.28. The highest BCUT2D eigenvalue weighted by Crippen LogP contribution is 2.28. The van der Waals surface area contributed by atoms with Crippen molar-refractivity contribution in [2.24, 2.45) is 0 Å². The highest BCUT2D eigenvalue weighted by atomic mass is 32.2. The van der Waals surface area contributed by atoms with Gasteiger partial charge in [0.2, 0.25) is 10.0 Å². The number of rotatable bonds is 7. The number of hydrogen-bond acceptors (Lipinski definition) is 5. The van der Waals surface area contributed by atoms with E-state index >= 15 is 0 Å². The van der Waals surface area contributed by atoms with Gasteiger partial charge >= 0.3 is 0 Å². The molecule has 172 valence electrons. The smallest absolute Gasteiger partial charge is 0.251 e. The van der Waals surface area contributed by atoms with Gasteiger partial charge in [0.1, 0.15) is 18.1 Å². The summed E-state index contributed by atoms with van der Waals surface area (Å²) in [5.74, 6) is 0.970. The molecule has 0 radical (unpaired) electrons. The zero-order valence-corrected chi connectivity index (χ0v) is 19.2. The quantitative estimate of drug-likeness (QED) is 0.575. The van der Waals surface area contributed by atoms with E-state index in [1.54, 1.807) is 42.5 Å². The zero-order valence-electron chi connectivity index (χ0n) is 18.4. The fourth-order valence-corrected chi connectivity index (χ4v) is 5.02. The first kappa shape index (κ1) is 22.8. The van der Waals surface area contributed by atoms with Crippen molar-refractivity contribution in [1.29, 1.82) is 0 Å². The van der Waals surface area contributed by atoms with Gasteiger partial charge in [0.25, 0.3) is 5.91 Å². The predicted octanol–water partition coefficient (Wildman–Crippen LogP) is 3.60. The average molecular weight is 467 g/mol. The molecule has 0 saturated carbocycles. The van der Waals surface area contributed by atoms with Gasteiger partial charge < -0.3 is 14.8 Å². The van der Waals surface area contributed by atoms with Crippen LogP contribution in [0.5, 0.6) is 11.5 Å². The molecule has 8 heteroatoms. The minimum Gasteiger partial charge on any atom is -0.494 e. The Kier molecular flexibility index (Phi) is 6.96. The summed E-state index contributed by atoms with van der Waals surface area (Å²) in [6, 6.07) is 21.1. The van der Waals surface area contributed by atoms with Crippen molar-refractivity contribution in [3.8, 4) is 11.5 Å². The summed E-state index contributed by atoms with van der Waals surface area (Å²) in [6.07, 6.45) is 0. The Bertz CT molecular complexity index is 1210. The molecule has 0 atom stereocenters. The van der Waals surface area contributed by atoms with Crippen molar-refractivity contribution in [1.82, 2.24) is 9.62 Å². The lowest BCUT2D eigenvalue weighted by atomic mass is 10.1. The summed E-state index contributed by atoms with van der Waals surface area (Å²) in [4.78, 5) is 12.9. The summed E-state index contributed by atoms with van der Waals surface area (Å²) in [7, 11) is -3.74. The molecule has 0 spiro atoms. The third-order valence-corrected chi connectivity index (χ3v) is 7.20. The summed E-state index contributed by atoms with van der Waals surface area (Å²) in [5.41, 5.74) is 2.10. The van der Waals surface area contributed by atoms with Gasteiger partial charge in [-0.1, -0.05) is 30.3 Å². The van der Waals surface area contributed by atoms with E-state index in [9.17, 15) is 13.2 Å². The molecule has 0 fully saturated rings. The van der Waals surface area contributed by atoms with Gasteiger partial charge in [-0.3, -0.25) is 4.79 Å². The average Bonchev–Trinajstić information content (AvgIpc) is 3.06. The molecule has 0 aliphatic carbocycles. The molecule has 0 aromatic heterocycles. The highest BCUT2D eigenvalue weighted by molar-refractivity contribution is 7.89. The van der Waals surface area contributed by atoms with Crippen molar-refractivity contribution in [3.63, 3.8) is 0 Å². The predicted molar refractivity (Wildman–Crippen MR) is 125 cm³/mol. The van der Waals surface area contributed by atoms with E-state index in [-0.39, 0.29) is 30.5 Å². The molecule has 3 aromatic carbocycles. The van der Waals surface area contributed by atoms with Crippen LogP contribution in [0.3, 0.4) is 0 Å². The van der Waals surface area contributed by atoms with Crippen molar-refractivity contribution in [2.75, 3.05) is 19.8 Å². The summed E-state index contributed by atoms with van der Waals surface area (Å²) in [5, 5.41) is 2.90. The van der Waals surface area contributed by atoms with Crippen molar-refractivity contribution in [2.45, 2.75) is 24.9 Å². The first-order chi connectivity index (χ1) is 16.0. The largest absolute Gasteiger partial charge is 0.494 e. The van der Waals surface area contributed by atoms with Crippen LogP contribution >= 0.6 is 0 Å². The Morgan fingerprint density at radius 3 is 2.55 bits per heavy atom. The molecule has 1 aliphatic heterocycles. The summed E-state index contributed by atoms with van der Waals surface area (Å²) >= 11 is 0. The Balaban J connectivity index is 1.51. The van der Waals surface area contributed by atoms with E-state index in [0.29, 0.717) is 35.8 Å². The molecule has 0 bridgehead atoms. The number of sulfonamides is 1. The minimum absolute atomic E-state index is 0.116. The topological polar surface area (TPSA) is 84.9 Å². The molecule has 0 unspecified atom stereocenters. The maximum atomic E-state index is 13.2. The number of carbonyl (C=O) groups excluding carboxylic acids is 1. The summed E-state index contributed by atoms with van der Waals surface area (Å²) in [6.45, 7) is 3.34. The molecular weight excluding hydrogens is 440 g/mol.